The van der Waals surface area contributed by atoms with Gasteiger partial charge in [-0.25, -0.2) is 4.79 Å². The summed E-state index contributed by atoms with van der Waals surface area (Å²) >= 11 is 5.70. The molecule has 0 atom stereocenters. The number of halogens is 1. The molecule has 1 aromatic rings. The topological polar surface area (TPSA) is 64.6 Å². The van der Waals surface area contributed by atoms with Gasteiger partial charge in [-0.3, -0.25) is 4.79 Å². The molecule has 1 heterocycles. The summed E-state index contributed by atoms with van der Waals surface area (Å²) in [4.78, 5) is 23.9. The quantitative estimate of drug-likeness (QED) is 0.816. The molecule has 1 fully saturated rings. The highest BCUT2D eigenvalue weighted by Gasteiger charge is 2.39. The van der Waals surface area contributed by atoms with Crippen molar-refractivity contribution in [1.29, 1.82) is 0 Å². The molecule has 6 heteroatoms. The Morgan fingerprint density at radius 2 is 1.91 bits per heavy atom. The number of hydrogen-bond acceptors (Lipinski definition) is 4. The summed E-state index contributed by atoms with van der Waals surface area (Å²) in [5, 5.41) is 2.68. The van der Waals surface area contributed by atoms with Gasteiger partial charge in [0.1, 0.15) is 6.61 Å². The van der Waals surface area contributed by atoms with Crippen LogP contribution in [0.4, 0.5) is 4.79 Å². The molecule has 1 aliphatic heterocycles. The fraction of sp³-hybridized carbons (Fsp3) is 0.500. The van der Waals surface area contributed by atoms with Gasteiger partial charge < -0.3 is 14.8 Å². The highest BCUT2D eigenvalue weighted by atomic mass is 35.5. The van der Waals surface area contributed by atoms with Gasteiger partial charge in [-0.15, -0.1) is 11.6 Å². The highest BCUT2D eigenvalue weighted by molar-refractivity contribution is 6.28. The molecule has 0 unspecified atom stereocenters. The normalized spacial score (nSPS) is 16.8. The van der Waals surface area contributed by atoms with E-state index in [9.17, 15) is 9.59 Å². The minimum atomic E-state index is -0.633. The van der Waals surface area contributed by atoms with Crippen LogP contribution in [-0.4, -0.2) is 37.5 Å². The third kappa shape index (κ3) is 4.45. The van der Waals surface area contributed by atoms with Gasteiger partial charge >= 0.3 is 6.09 Å². The van der Waals surface area contributed by atoms with Crippen LogP contribution in [0.5, 0.6) is 0 Å². The van der Waals surface area contributed by atoms with Crippen molar-refractivity contribution in [3.8, 4) is 0 Å². The summed E-state index contributed by atoms with van der Waals surface area (Å²) in [6, 6.07) is 9.42. The summed E-state index contributed by atoms with van der Waals surface area (Å²) in [5.74, 6) is -0.110. The number of benzene rings is 1. The zero-order valence-electron chi connectivity index (χ0n) is 12.3. The number of amides is 1. The molecule has 1 aliphatic rings. The first-order chi connectivity index (χ1) is 10.7. The zero-order valence-corrected chi connectivity index (χ0v) is 13.1. The Hall–Kier alpha value is -1.59. The van der Waals surface area contributed by atoms with Gasteiger partial charge in [0.05, 0.1) is 11.3 Å². The van der Waals surface area contributed by atoms with Gasteiger partial charge in [0.2, 0.25) is 0 Å². The summed E-state index contributed by atoms with van der Waals surface area (Å²) in [5.41, 5.74) is 0.279. The SMILES string of the molecule is O=C(NCC1(C(=O)CCl)CCOCC1)OCc1ccccc1. The smallest absolute Gasteiger partial charge is 0.407 e. The third-order valence-electron chi connectivity index (χ3n) is 3.95. The molecule has 0 spiro atoms. The van der Waals surface area contributed by atoms with E-state index in [0.29, 0.717) is 26.1 Å². The molecule has 2 rings (SSSR count). The second-order valence-corrected chi connectivity index (χ2v) is 5.63. The number of alkyl carbamates (subject to hydrolysis) is 1. The molecule has 0 radical (unpaired) electrons. The van der Waals surface area contributed by atoms with Gasteiger partial charge in [0.15, 0.2) is 5.78 Å². The lowest BCUT2D eigenvalue weighted by molar-refractivity contribution is -0.131. The molecule has 1 saturated heterocycles. The maximum atomic E-state index is 12.1. The van der Waals surface area contributed by atoms with Crippen LogP contribution >= 0.6 is 11.6 Å². The first-order valence-corrected chi connectivity index (χ1v) is 7.81. The van der Waals surface area contributed by atoms with E-state index >= 15 is 0 Å². The van der Waals surface area contributed by atoms with Crippen molar-refractivity contribution in [3.63, 3.8) is 0 Å². The van der Waals surface area contributed by atoms with Crippen molar-refractivity contribution < 1.29 is 19.1 Å². The van der Waals surface area contributed by atoms with Gasteiger partial charge in [-0.2, -0.15) is 0 Å². The van der Waals surface area contributed by atoms with Crippen molar-refractivity contribution in [1.82, 2.24) is 5.32 Å². The maximum Gasteiger partial charge on any atom is 0.407 e. The maximum absolute atomic E-state index is 12.1. The number of rotatable bonds is 6. The molecule has 0 aromatic heterocycles. The Balaban J connectivity index is 1.84. The van der Waals surface area contributed by atoms with Crippen LogP contribution in [-0.2, 0) is 20.9 Å². The second-order valence-electron chi connectivity index (χ2n) is 5.36. The van der Waals surface area contributed by atoms with Crippen molar-refractivity contribution in [3.05, 3.63) is 35.9 Å². The lowest BCUT2D eigenvalue weighted by Crippen LogP contribution is -2.47. The van der Waals surface area contributed by atoms with E-state index in [2.05, 4.69) is 5.32 Å². The predicted molar refractivity (Wildman–Crippen MR) is 82.8 cm³/mol. The lowest BCUT2D eigenvalue weighted by Gasteiger charge is -2.35. The van der Waals surface area contributed by atoms with Crippen LogP contribution in [0.1, 0.15) is 18.4 Å². The fourth-order valence-electron chi connectivity index (χ4n) is 2.47. The molecule has 1 amide bonds. The van der Waals surface area contributed by atoms with Gasteiger partial charge in [-0.05, 0) is 18.4 Å². The minimum Gasteiger partial charge on any atom is -0.445 e. The molecule has 5 nitrogen and oxygen atoms in total. The highest BCUT2D eigenvalue weighted by Crippen LogP contribution is 2.31. The Morgan fingerprint density at radius 1 is 1.23 bits per heavy atom. The number of carbonyl (C=O) groups excluding carboxylic acids is 2. The van der Waals surface area contributed by atoms with Gasteiger partial charge in [0.25, 0.3) is 0 Å². The molecule has 120 valence electrons. The average Bonchev–Trinajstić information content (AvgIpc) is 2.59. The van der Waals surface area contributed by atoms with E-state index in [1.165, 1.54) is 0 Å². The van der Waals surface area contributed by atoms with Crippen LogP contribution < -0.4 is 5.32 Å². The van der Waals surface area contributed by atoms with Crippen molar-refractivity contribution in [2.24, 2.45) is 5.41 Å². The first kappa shape index (κ1) is 16.8. The number of ketones is 1. The Kier molecular flexibility index (Phi) is 6.21. The van der Waals surface area contributed by atoms with E-state index in [4.69, 9.17) is 21.1 Å². The fourth-order valence-corrected chi connectivity index (χ4v) is 2.76. The summed E-state index contributed by atoms with van der Waals surface area (Å²) in [6.07, 6.45) is 0.603. The number of alkyl halides is 1. The number of hydrogen-bond donors (Lipinski definition) is 1. The summed E-state index contributed by atoms with van der Waals surface area (Å²) in [6.45, 7) is 1.44. The van der Waals surface area contributed by atoms with E-state index in [0.717, 1.165) is 5.56 Å². The monoisotopic (exact) mass is 325 g/mol. The first-order valence-electron chi connectivity index (χ1n) is 7.28. The minimum absolute atomic E-state index is 0.0548. The standard InChI is InChI=1S/C16H20ClNO4/c17-10-14(19)16(6-8-21-9-7-16)12-18-15(20)22-11-13-4-2-1-3-5-13/h1-5H,6-12H2,(H,18,20). The van der Waals surface area contributed by atoms with Crippen molar-refractivity contribution in [2.45, 2.75) is 19.4 Å². The number of nitrogens with one attached hydrogen (secondary N) is 1. The molecule has 1 N–H and O–H groups in total. The average molecular weight is 326 g/mol. The summed E-state index contributed by atoms with van der Waals surface area (Å²) < 4.78 is 10.4. The van der Waals surface area contributed by atoms with E-state index < -0.39 is 11.5 Å². The molecule has 0 bridgehead atoms. The van der Waals surface area contributed by atoms with E-state index in [1.807, 2.05) is 30.3 Å². The molecular weight excluding hydrogens is 306 g/mol. The summed E-state index contributed by atoms with van der Waals surface area (Å²) in [7, 11) is 0. The zero-order chi connectivity index (χ0) is 15.8. The van der Waals surface area contributed by atoms with Gasteiger partial charge in [0, 0.05) is 19.8 Å². The van der Waals surface area contributed by atoms with Crippen LogP contribution in [0.25, 0.3) is 0 Å². The second kappa shape index (κ2) is 8.15. The Morgan fingerprint density at radius 3 is 2.55 bits per heavy atom. The Bertz CT molecular complexity index is 500. The van der Waals surface area contributed by atoms with E-state index in [1.54, 1.807) is 0 Å². The lowest BCUT2D eigenvalue weighted by atomic mass is 9.77. The molecule has 22 heavy (non-hydrogen) atoms. The van der Waals surface area contributed by atoms with Crippen LogP contribution in [0, 0.1) is 5.41 Å². The number of ether oxygens (including phenoxy) is 2. The third-order valence-corrected chi connectivity index (χ3v) is 4.19. The van der Waals surface area contributed by atoms with Crippen LogP contribution in [0.2, 0.25) is 0 Å². The molecule has 1 aromatic carbocycles. The van der Waals surface area contributed by atoms with E-state index in [-0.39, 0.29) is 24.8 Å². The van der Waals surface area contributed by atoms with Crippen molar-refractivity contribution >= 4 is 23.5 Å². The largest absolute Gasteiger partial charge is 0.445 e. The van der Waals surface area contributed by atoms with Gasteiger partial charge in [-0.1, -0.05) is 30.3 Å². The Labute approximate surface area is 134 Å². The van der Waals surface area contributed by atoms with Crippen LogP contribution in [0.3, 0.4) is 0 Å². The molecule has 0 saturated carbocycles. The molecular formula is C16H20ClNO4. The van der Waals surface area contributed by atoms with Crippen LogP contribution in [0.15, 0.2) is 30.3 Å². The van der Waals surface area contributed by atoms with Crippen molar-refractivity contribution in [2.75, 3.05) is 25.6 Å². The number of Topliss-reactive ketones (excluding diaryl/α,β-unsaturated/α-hetero) is 1. The molecule has 0 aliphatic carbocycles. The number of carbonyl (C=O) groups is 2. The predicted octanol–water partition coefficient (Wildman–Crippen LogP) is 2.52.